The number of nitrogens with zero attached hydrogens (tertiary/aromatic N) is 1. The van der Waals surface area contributed by atoms with Crippen LogP contribution >= 0.6 is 0 Å². The van der Waals surface area contributed by atoms with Crippen LogP contribution in [0.4, 0.5) is 17.1 Å². The molecule has 3 aromatic carbocycles. The number of benzene rings is 3. The number of hydrogen-bond donors (Lipinski definition) is 2. The minimum atomic E-state index is -4.03. The van der Waals surface area contributed by atoms with E-state index in [0.717, 1.165) is 17.2 Å². The quantitative estimate of drug-likeness (QED) is 0.431. The summed E-state index contributed by atoms with van der Waals surface area (Å²) in [6, 6.07) is 15.2. The van der Waals surface area contributed by atoms with Crippen LogP contribution in [0.15, 0.2) is 65.6 Å². The number of carbonyl (C=O) groups is 1. The normalized spacial score (nSPS) is 11.1. The highest BCUT2D eigenvalue weighted by Crippen LogP contribution is 2.24. The molecule has 8 nitrogen and oxygen atoms in total. The van der Waals surface area contributed by atoms with Crippen molar-refractivity contribution >= 4 is 33.0 Å². The molecule has 0 bridgehead atoms. The Labute approximate surface area is 180 Å². The number of carbonyl (C=O) groups excluding carboxylic acids is 1. The van der Waals surface area contributed by atoms with Crippen LogP contribution in [0.5, 0.6) is 0 Å². The van der Waals surface area contributed by atoms with Gasteiger partial charge in [0, 0.05) is 28.6 Å². The number of aryl methyl sites for hydroxylation is 3. The maximum atomic E-state index is 12.6. The number of rotatable bonds is 6. The monoisotopic (exact) mass is 439 g/mol. The van der Waals surface area contributed by atoms with Gasteiger partial charge >= 0.3 is 0 Å². The molecule has 3 rings (SSSR count). The standard InChI is InChI=1S/C22H21N3O5S/c1-14-4-8-19(12-16(14)3)23-22(26)17-6-9-18(10-7-17)24-31(29,30)20-11-5-15(2)21(13-20)25(27)28/h4-13,24H,1-3H3,(H,23,26). The molecular weight excluding hydrogens is 418 g/mol. The van der Waals surface area contributed by atoms with Gasteiger partial charge in [-0.15, -0.1) is 0 Å². The number of hydrogen-bond acceptors (Lipinski definition) is 5. The van der Waals surface area contributed by atoms with E-state index < -0.39 is 14.9 Å². The third kappa shape index (κ3) is 5.07. The molecule has 0 aromatic heterocycles. The summed E-state index contributed by atoms with van der Waals surface area (Å²) in [6.45, 7) is 5.47. The molecule has 0 heterocycles. The van der Waals surface area contributed by atoms with E-state index in [1.165, 1.54) is 43.3 Å². The minimum absolute atomic E-state index is 0.221. The van der Waals surface area contributed by atoms with Crippen molar-refractivity contribution in [3.05, 3.63) is 93.0 Å². The summed E-state index contributed by atoms with van der Waals surface area (Å²) < 4.78 is 27.6. The summed E-state index contributed by atoms with van der Waals surface area (Å²) in [7, 11) is -4.03. The predicted molar refractivity (Wildman–Crippen MR) is 119 cm³/mol. The van der Waals surface area contributed by atoms with E-state index >= 15 is 0 Å². The minimum Gasteiger partial charge on any atom is -0.322 e. The molecule has 9 heteroatoms. The van der Waals surface area contributed by atoms with Gasteiger partial charge < -0.3 is 5.32 Å². The maximum Gasteiger partial charge on any atom is 0.273 e. The average molecular weight is 439 g/mol. The van der Waals surface area contributed by atoms with Gasteiger partial charge in [-0.05, 0) is 74.4 Å². The first-order valence-corrected chi connectivity index (χ1v) is 10.8. The van der Waals surface area contributed by atoms with Crippen LogP contribution in [-0.4, -0.2) is 19.2 Å². The molecule has 0 unspecified atom stereocenters. The van der Waals surface area contributed by atoms with Crippen LogP contribution in [0.2, 0.25) is 0 Å². The van der Waals surface area contributed by atoms with Crippen molar-refractivity contribution in [2.45, 2.75) is 25.7 Å². The van der Waals surface area contributed by atoms with E-state index in [9.17, 15) is 23.3 Å². The second-order valence-corrected chi connectivity index (χ2v) is 8.82. The smallest absolute Gasteiger partial charge is 0.273 e. The van der Waals surface area contributed by atoms with Crippen LogP contribution in [-0.2, 0) is 10.0 Å². The lowest BCUT2D eigenvalue weighted by molar-refractivity contribution is -0.385. The lowest BCUT2D eigenvalue weighted by Crippen LogP contribution is -2.14. The Morgan fingerprint density at radius 1 is 0.839 bits per heavy atom. The molecule has 0 aliphatic rings. The molecule has 0 saturated heterocycles. The molecule has 3 aromatic rings. The fourth-order valence-corrected chi connectivity index (χ4v) is 3.96. The molecule has 1 amide bonds. The van der Waals surface area contributed by atoms with Crippen molar-refractivity contribution in [2.24, 2.45) is 0 Å². The summed E-state index contributed by atoms with van der Waals surface area (Å²) in [4.78, 5) is 22.7. The Balaban J connectivity index is 1.75. The second kappa shape index (κ2) is 8.57. The maximum absolute atomic E-state index is 12.6. The molecule has 0 radical (unpaired) electrons. The molecule has 0 atom stereocenters. The number of nitro benzene ring substituents is 1. The Hall–Kier alpha value is -3.72. The van der Waals surface area contributed by atoms with E-state index in [2.05, 4.69) is 10.0 Å². The van der Waals surface area contributed by atoms with Gasteiger partial charge in [0.05, 0.1) is 9.82 Å². The summed E-state index contributed by atoms with van der Waals surface area (Å²) in [5.41, 5.74) is 3.51. The van der Waals surface area contributed by atoms with Crippen molar-refractivity contribution < 1.29 is 18.1 Å². The molecule has 0 aliphatic heterocycles. The van der Waals surface area contributed by atoms with Crippen LogP contribution in [0, 0.1) is 30.9 Å². The van der Waals surface area contributed by atoms with Gasteiger partial charge in [-0.25, -0.2) is 8.42 Å². The highest BCUT2D eigenvalue weighted by Gasteiger charge is 2.20. The number of nitrogens with one attached hydrogen (secondary N) is 2. The molecular formula is C22H21N3O5S. The van der Waals surface area contributed by atoms with E-state index in [1.54, 1.807) is 0 Å². The van der Waals surface area contributed by atoms with Gasteiger partial charge in [0.2, 0.25) is 0 Å². The second-order valence-electron chi connectivity index (χ2n) is 7.14. The highest BCUT2D eigenvalue weighted by atomic mass is 32.2. The fourth-order valence-electron chi connectivity index (χ4n) is 2.88. The Morgan fingerprint density at radius 3 is 2.06 bits per heavy atom. The number of anilines is 2. The van der Waals surface area contributed by atoms with Crippen molar-refractivity contribution in [3.63, 3.8) is 0 Å². The number of sulfonamides is 1. The van der Waals surface area contributed by atoms with Gasteiger partial charge in [-0.2, -0.15) is 0 Å². The summed E-state index contributed by atoms with van der Waals surface area (Å²) >= 11 is 0. The summed E-state index contributed by atoms with van der Waals surface area (Å²) in [5, 5.41) is 13.9. The van der Waals surface area contributed by atoms with Crippen LogP contribution in [0.25, 0.3) is 0 Å². The van der Waals surface area contributed by atoms with E-state index in [0.29, 0.717) is 16.8 Å². The van der Waals surface area contributed by atoms with E-state index in [1.807, 2.05) is 32.0 Å². The van der Waals surface area contributed by atoms with Gasteiger partial charge in [0.25, 0.3) is 21.6 Å². The number of nitro groups is 1. The Kier molecular flexibility index (Phi) is 6.07. The molecule has 0 spiro atoms. The first-order valence-electron chi connectivity index (χ1n) is 9.33. The molecule has 160 valence electrons. The first kappa shape index (κ1) is 22.0. The van der Waals surface area contributed by atoms with Gasteiger partial charge in [-0.3, -0.25) is 19.6 Å². The van der Waals surface area contributed by atoms with Crippen LogP contribution in [0.3, 0.4) is 0 Å². The summed E-state index contributed by atoms with van der Waals surface area (Å²) in [5.74, 6) is -0.327. The van der Waals surface area contributed by atoms with Crippen molar-refractivity contribution in [1.82, 2.24) is 0 Å². The van der Waals surface area contributed by atoms with Crippen molar-refractivity contribution in [2.75, 3.05) is 10.0 Å². The molecule has 0 aliphatic carbocycles. The lowest BCUT2D eigenvalue weighted by Gasteiger charge is -2.10. The zero-order valence-corrected chi connectivity index (χ0v) is 18.0. The largest absolute Gasteiger partial charge is 0.322 e. The number of amides is 1. The van der Waals surface area contributed by atoms with Gasteiger partial charge in [0.1, 0.15) is 0 Å². The van der Waals surface area contributed by atoms with Crippen LogP contribution < -0.4 is 10.0 Å². The third-order valence-electron chi connectivity index (χ3n) is 4.85. The topological polar surface area (TPSA) is 118 Å². The summed E-state index contributed by atoms with van der Waals surface area (Å²) in [6.07, 6.45) is 0. The van der Waals surface area contributed by atoms with Crippen LogP contribution in [0.1, 0.15) is 27.0 Å². The average Bonchev–Trinajstić information content (AvgIpc) is 2.71. The zero-order valence-electron chi connectivity index (χ0n) is 17.2. The highest BCUT2D eigenvalue weighted by molar-refractivity contribution is 7.92. The molecule has 31 heavy (non-hydrogen) atoms. The van der Waals surface area contributed by atoms with Crippen molar-refractivity contribution in [1.29, 1.82) is 0 Å². The Bertz CT molecular complexity index is 1270. The lowest BCUT2D eigenvalue weighted by atomic mass is 10.1. The third-order valence-corrected chi connectivity index (χ3v) is 6.23. The molecule has 0 fully saturated rings. The van der Waals surface area contributed by atoms with E-state index in [-0.39, 0.29) is 22.2 Å². The van der Waals surface area contributed by atoms with E-state index in [4.69, 9.17) is 0 Å². The predicted octanol–water partition coefficient (Wildman–Crippen LogP) is 4.57. The van der Waals surface area contributed by atoms with Crippen molar-refractivity contribution in [3.8, 4) is 0 Å². The first-order chi connectivity index (χ1) is 14.6. The zero-order chi connectivity index (χ0) is 22.8. The Morgan fingerprint density at radius 2 is 1.45 bits per heavy atom. The SMILES string of the molecule is Cc1ccc(NC(=O)c2ccc(NS(=O)(=O)c3ccc(C)c([N+](=O)[O-])c3)cc2)cc1C. The fraction of sp³-hybridized carbons (Fsp3) is 0.136. The van der Waals surface area contributed by atoms with Gasteiger partial charge in [0.15, 0.2) is 0 Å². The molecule has 2 N–H and O–H groups in total. The van der Waals surface area contributed by atoms with Gasteiger partial charge in [-0.1, -0.05) is 12.1 Å². The molecule has 0 saturated carbocycles.